The molecule has 2 aromatic rings. The lowest BCUT2D eigenvalue weighted by atomic mass is 10.1. The molecule has 7 nitrogen and oxygen atoms in total. The van der Waals surface area contributed by atoms with E-state index in [9.17, 15) is 4.79 Å². The number of anilines is 1. The van der Waals surface area contributed by atoms with E-state index < -0.39 is 0 Å². The fourth-order valence-electron chi connectivity index (χ4n) is 2.75. The zero-order valence-electron chi connectivity index (χ0n) is 12.7. The zero-order valence-corrected chi connectivity index (χ0v) is 12.7. The number of furan rings is 1. The SMILES string of the molecule is COC[C@H](N[C@@H]1CCN(c2cnn(C)c2)C1=O)c1ccco1. The number of aryl methyl sites for hydroxylation is 1. The number of hydrogen-bond acceptors (Lipinski definition) is 5. The fraction of sp³-hybridized carbons (Fsp3) is 0.467. The molecule has 1 N–H and O–H groups in total. The molecule has 1 fully saturated rings. The summed E-state index contributed by atoms with van der Waals surface area (Å²) in [6.07, 6.45) is 5.92. The van der Waals surface area contributed by atoms with E-state index in [1.54, 1.807) is 29.2 Å². The lowest BCUT2D eigenvalue weighted by molar-refractivity contribution is -0.119. The molecule has 0 spiro atoms. The van der Waals surface area contributed by atoms with Crippen LogP contribution in [-0.4, -0.2) is 42.0 Å². The van der Waals surface area contributed by atoms with Gasteiger partial charge in [-0.15, -0.1) is 0 Å². The van der Waals surface area contributed by atoms with E-state index >= 15 is 0 Å². The van der Waals surface area contributed by atoms with Crippen LogP contribution in [0.15, 0.2) is 35.2 Å². The molecular formula is C15H20N4O3. The van der Waals surface area contributed by atoms with Crippen molar-refractivity contribution in [1.82, 2.24) is 15.1 Å². The van der Waals surface area contributed by atoms with Gasteiger partial charge in [0.2, 0.25) is 5.91 Å². The molecule has 1 amide bonds. The maximum absolute atomic E-state index is 12.6. The van der Waals surface area contributed by atoms with Crippen LogP contribution in [-0.2, 0) is 16.6 Å². The van der Waals surface area contributed by atoms with Crippen LogP contribution in [0.2, 0.25) is 0 Å². The van der Waals surface area contributed by atoms with Crippen LogP contribution in [0.3, 0.4) is 0 Å². The minimum atomic E-state index is -0.245. The molecule has 2 atom stereocenters. The van der Waals surface area contributed by atoms with E-state index in [1.807, 2.05) is 25.4 Å². The van der Waals surface area contributed by atoms with Crippen molar-refractivity contribution in [3.8, 4) is 0 Å². The molecule has 22 heavy (non-hydrogen) atoms. The number of carbonyl (C=O) groups is 1. The van der Waals surface area contributed by atoms with Crippen molar-refractivity contribution in [2.45, 2.75) is 18.5 Å². The molecule has 7 heteroatoms. The number of methoxy groups -OCH3 is 1. The minimum Gasteiger partial charge on any atom is -0.468 e. The quantitative estimate of drug-likeness (QED) is 0.865. The molecule has 0 aromatic carbocycles. The summed E-state index contributed by atoms with van der Waals surface area (Å²) in [5, 5.41) is 7.46. The van der Waals surface area contributed by atoms with Gasteiger partial charge in [-0.1, -0.05) is 0 Å². The van der Waals surface area contributed by atoms with Crippen LogP contribution in [0.25, 0.3) is 0 Å². The first-order chi connectivity index (χ1) is 10.7. The van der Waals surface area contributed by atoms with E-state index in [4.69, 9.17) is 9.15 Å². The lowest BCUT2D eigenvalue weighted by Gasteiger charge is -2.20. The van der Waals surface area contributed by atoms with Crippen molar-refractivity contribution in [2.24, 2.45) is 7.05 Å². The zero-order chi connectivity index (χ0) is 15.5. The summed E-state index contributed by atoms with van der Waals surface area (Å²) >= 11 is 0. The second kappa shape index (κ2) is 6.33. The molecule has 0 radical (unpaired) electrons. The topological polar surface area (TPSA) is 72.5 Å². The Kier molecular flexibility index (Phi) is 4.26. The second-order valence-corrected chi connectivity index (χ2v) is 5.39. The van der Waals surface area contributed by atoms with E-state index in [0.717, 1.165) is 17.9 Å². The Hall–Kier alpha value is -2.12. The maximum atomic E-state index is 12.6. The third kappa shape index (κ3) is 2.90. The summed E-state index contributed by atoms with van der Waals surface area (Å²) in [7, 11) is 3.47. The first-order valence-corrected chi connectivity index (χ1v) is 7.27. The van der Waals surface area contributed by atoms with Gasteiger partial charge in [0, 0.05) is 26.9 Å². The van der Waals surface area contributed by atoms with Gasteiger partial charge in [-0.3, -0.25) is 14.8 Å². The largest absolute Gasteiger partial charge is 0.468 e. The van der Waals surface area contributed by atoms with Crippen LogP contribution >= 0.6 is 0 Å². The van der Waals surface area contributed by atoms with Gasteiger partial charge in [-0.25, -0.2) is 0 Å². The van der Waals surface area contributed by atoms with Crippen molar-refractivity contribution >= 4 is 11.6 Å². The summed E-state index contributed by atoms with van der Waals surface area (Å²) in [4.78, 5) is 14.3. The number of amides is 1. The molecule has 1 saturated heterocycles. The van der Waals surface area contributed by atoms with Crippen LogP contribution in [0.4, 0.5) is 5.69 Å². The molecule has 118 valence electrons. The number of hydrogen-bond donors (Lipinski definition) is 1. The first-order valence-electron chi connectivity index (χ1n) is 7.27. The Morgan fingerprint density at radius 1 is 1.59 bits per heavy atom. The molecule has 1 aliphatic heterocycles. The average molecular weight is 304 g/mol. The predicted molar refractivity (Wildman–Crippen MR) is 80.4 cm³/mol. The predicted octanol–water partition coefficient (Wildman–Crippen LogP) is 1.10. The number of carbonyl (C=O) groups excluding carboxylic acids is 1. The molecule has 1 aliphatic rings. The van der Waals surface area contributed by atoms with Crippen LogP contribution in [0.5, 0.6) is 0 Å². The third-order valence-corrected chi connectivity index (χ3v) is 3.83. The Morgan fingerprint density at radius 3 is 3.09 bits per heavy atom. The highest BCUT2D eigenvalue weighted by Crippen LogP contribution is 2.23. The Balaban J connectivity index is 1.69. The molecule has 0 aliphatic carbocycles. The van der Waals surface area contributed by atoms with Gasteiger partial charge in [0.05, 0.1) is 36.8 Å². The van der Waals surface area contributed by atoms with Crippen molar-refractivity contribution < 1.29 is 13.9 Å². The van der Waals surface area contributed by atoms with Gasteiger partial charge < -0.3 is 14.1 Å². The minimum absolute atomic E-state index is 0.0562. The summed E-state index contributed by atoms with van der Waals surface area (Å²) in [5.74, 6) is 0.829. The monoisotopic (exact) mass is 304 g/mol. The van der Waals surface area contributed by atoms with Crippen molar-refractivity contribution in [1.29, 1.82) is 0 Å². The Bertz CT molecular complexity index is 623. The molecular weight excluding hydrogens is 284 g/mol. The summed E-state index contributed by atoms with van der Waals surface area (Å²) in [5.41, 5.74) is 0.832. The summed E-state index contributed by atoms with van der Waals surface area (Å²) in [6.45, 7) is 1.13. The standard InChI is InChI=1S/C15H20N4O3/c1-18-9-11(8-16-18)19-6-5-12(15(19)20)17-13(10-21-2)14-4-3-7-22-14/h3-4,7-9,12-13,17H,5-6,10H2,1-2H3/t12-,13+/m1/s1. The lowest BCUT2D eigenvalue weighted by Crippen LogP contribution is -2.41. The summed E-state index contributed by atoms with van der Waals surface area (Å²) in [6, 6.07) is 3.33. The van der Waals surface area contributed by atoms with Gasteiger partial charge in [0.25, 0.3) is 0 Å². The Labute approximate surface area is 128 Å². The van der Waals surface area contributed by atoms with E-state index in [0.29, 0.717) is 13.2 Å². The average Bonchev–Trinajstić information content (AvgIpc) is 3.21. The molecule has 0 saturated carbocycles. The van der Waals surface area contributed by atoms with Crippen molar-refractivity contribution in [2.75, 3.05) is 25.2 Å². The molecule has 2 aromatic heterocycles. The van der Waals surface area contributed by atoms with Crippen molar-refractivity contribution in [3.63, 3.8) is 0 Å². The van der Waals surface area contributed by atoms with Gasteiger partial charge in [0.1, 0.15) is 5.76 Å². The number of nitrogens with one attached hydrogen (secondary N) is 1. The van der Waals surface area contributed by atoms with Crippen LogP contribution in [0.1, 0.15) is 18.2 Å². The molecule has 0 bridgehead atoms. The van der Waals surface area contributed by atoms with E-state index in [-0.39, 0.29) is 18.0 Å². The van der Waals surface area contributed by atoms with Gasteiger partial charge in [-0.05, 0) is 18.6 Å². The highest BCUT2D eigenvalue weighted by atomic mass is 16.5. The highest BCUT2D eigenvalue weighted by Gasteiger charge is 2.35. The van der Waals surface area contributed by atoms with Crippen LogP contribution in [0, 0.1) is 0 Å². The van der Waals surface area contributed by atoms with Crippen molar-refractivity contribution in [3.05, 3.63) is 36.5 Å². The fourth-order valence-corrected chi connectivity index (χ4v) is 2.75. The number of nitrogens with zero attached hydrogens (tertiary/aromatic N) is 3. The molecule has 3 rings (SSSR count). The first kappa shape index (κ1) is 14.8. The maximum Gasteiger partial charge on any atom is 0.244 e. The summed E-state index contributed by atoms with van der Waals surface area (Å²) < 4.78 is 12.3. The number of aromatic nitrogens is 2. The molecule has 3 heterocycles. The van der Waals surface area contributed by atoms with Gasteiger partial charge in [-0.2, -0.15) is 5.10 Å². The van der Waals surface area contributed by atoms with Gasteiger partial charge >= 0.3 is 0 Å². The Morgan fingerprint density at radius 2 is 2.45 bits per heavy atom. The normalized spacial score (nSPS) is 19.8. The number of ether oxygens (including phenoxy) is 1. The highest BCUT2D eigenvalue weighted by molar-refractivity contribution is 5.99. The van der Waals surface area contributed by atoms with Gasteiger partial charge in [0.15, 0.2) is 0 Å². The van der Waals surface area contributed by atoms with E-state index in [1.165, 1.54) is 0 Å². The molecule has 0 unspecified atom stereocenters. The third-order valence-electron chi connectivity index (χ3n) is 3.83. The smallest absolute Gasteiger partial charge is 0.244 e. The second-order valence-electron chi connectivity index (χ2n) is 5.39. The van der Waals surface area contributed by atoms with Crippen LogP contribution < -0.4 is 10.2 Å². The number of rotatable bonds is 6. The van der Waals surface area contributed by atoms with E-state index in [2.05, 4.69) is 10.4 Å².